The number of ether oxygens (including phenoxy) is 1. The Balaban J connectivity index is 1.86. The predicted molar refractivity (Wildman–Crippen MR) is 119 cm³/mol. The summed E-state index contributed by atoms with van der Waals surface area (Å²) in [5.74, 6) is -1.48. The molecule has 7 nitrogen and oxygen atoms in total. The van der Waals surface area contributed by atoms with E-state index in [1.54, 1.807) is 0 Å². The highest BCUT2D eigenvalue weighted by Gasteiger charge is 2.52. The molecule has 0 saturated carbocycles. The molecule has 0 spiro atoms. The van der Waals surface area contributed by atoms with Crippen molar-refractivity contribution < 1.29 is 29.4 Å². The Hall–Kier alpha value is -2.90. The maximum Gasteiger partial charge on any atom is 0.306 e. The van der Waals surface area contributed by atoms with Gasteiger partial charge < -0.3 is 14.9 Å². The zero-order valence-electron chi connectivity index (χ0n) is 18.4. The summed E-state index contributed by atoms with van der Waals surface area (Å²) in [4.78, 5) is 28.8. The number of hydroxylamine groups is 1. The maximum atomic E-state index is 11.5. The van der Waals surface area contributed by atoms with E-state index in [0.717, 1.165) is 30.4 Å². The van der Waals surface area contributed by atoms with Crippen molar-refractivity contribution in [1.29, 1.82) is 0 Å². The molecule has 0 bridgehead atoms. The molecule has 2 aromatic rings. The quantitative estimate of drug-likeness (QED) is 0.412. The zero-order valence-corrected chi connectivity index (χ0v) is 18.4. The third-order valence-corrected chi connectivity index (χ3v) is 5.88. The molecule has 1 aliphatic rings. The lowest BCUT2D eigenvalue weighted by atomic mass is 9.75. The largest absolute Gasteiger partial charge is 0.489 e. The Morgan fingerprint density at radius 3 is 2.41 bits per heavy atom. The third-order valence-electron chi connectivity index (χ3n) is 5.88. The molecule has 0 amide bonds. The number of hydrogen-bond donors (Lipinski definition) is 3. The average molecular weight is 442 g/mol. The zero-order chi connectivity index (χ0) is 23.0. The van der Waals surface area contributed by atoms with Crippen LogP contribution >= 0.6 is 0 Å². The van der Waals surface area contributed by atoms with Gasteiger partial charge in [0.1, 0.15) is 18.0 Å². The molecule has 1 heterocycles. The Morgan fingerprint density at radius 1 is 1.03 bits per heavy atom. The number of carboxylic acid groups (broad SMARTS) is 2. The molecule has 1 fully saturated rings. The van der Waals surface area contributed by atoms with Crippen LogP contribution in [0, 0.1) is 0 Å². The lowest BCUT2D eigenvalue weighted by molar-refractivity contribution is -0.154. The number of unbranched alkanes of at least 4 members (excludes halogenated alkanes) is 2. The van der Waals surface area contributed by atoms with Gasteiger partial charge in [-0.1, -0.05) is 68.7 Å². The minimum atomic E-state index is -1.31. The number of hydrogen-bond acceptors (Lipinski definition) is 5. The van der Waals surface area contributed by atoms with Gasteiger partial charge in [0.2, 0.25) is 0 Å². The monoisotopic (exact) mass is 441 g/mol. The topological polar surface area (TPSA) is 105 Å². The molecular formula is C25H31NO6. The van der Waals surface area contributed by atoms with E-state index in [-0.39, 0.29) is 19.3 Å². The molecule has 7 heteroatoms. The summed E-state index contributed by atoms with van der Waals surface area (Å²) in [6.45, 7) is 2.54. The first-order valence-electron chi connectivity index (χ1n) is 11.0. The summed E-state index contributed by atoms with van der Waals surface area (Å²) in [6.07, 6.45) is 3.13. The summed E-state index contributed by atoms with van der Waals surface area (Å²) in [5, 5.41) is 18.8. The number of benzene rings is 2. The van der Waals surface area contributed by atoms with Crippen LogP contribution < -0.4 is 10.2 Å². The second kappa shape index (κ2) is 10.6. The van der Waals surface area contributed by atoms with Crippen molar-refractivity contribution in [2.24, 2.45) is 0 Å². The molecule has 0 radical (unpaired) electrons. The lowest BCUT2D eigenvalue weighted by Gasteiger charge is -2.30. The van der Waals surface area contributed by atoms with Crippen LogP contribution in [0.1, 0.15) is 63.0 Å². The maximum absolute atomic E-state index is 11.5. The van der Waals surface area contributed by atoms with Crippen molar-refractivity contribution in [3.63, 3.8) is 0 Å². The summed E-state index contributed by atoms with van der Waals surface area (Å²) in [5.41, 5.74) is 3.02. The summed E-state index contributed by atoms with van der Waals surface area (Å²) < 4.78 is 5.99. The normalized spacial score (nSPS) is 19.5. The van der Waals surface area contributed by atoms with E-state index in [2.05, 4.69) is 12.4 Å². The van der Waals surface area contributed by atoms with Gasteiger partial charge in [-0.05, 0) is 29.7 Å². The SMILES string of the molecule is CCCCCC1(c2cccc(OCc3ccccc3)c2)CC(CC(=O)O)(CC(=O)O)ON1. The van der Waals surface area contributed by atoms with E-state index in [4.69, 9.17) is 9.57 Å². The fourth-order valence-corrected chi connectivity index (χ4v) is 4.38. The van der Waals surface area contributed by atoms with E-state index in [9.17, 15) is 19.8 Å². The standard InChI is InChI=1S/C25H31NO6/c1-2-3-7-13-25(18-24(32-26-25,15-22(27)28)16-23(29)30)20-11-8-12-21(14-20)31-17-19-9-5-4-6-10-19/h4-6,8-12,14,26H,2-3,7,13,15-18H2,1H3,(H,27,28)(H,29,30). The Kier molecular flexibility index (Phi) is 7.88. The molecule has 0 aliphatic carbocycles. The summed E-state index contributed by atoms with van der Waals surface area (Å²) in [6, 6.07) is 17.5. The van der Waals surface area contributed by atoms with Crippen molar-refractivity contribution in [2.45, 2.75) is 69.6 Å². The van der Waals surface area contributed by atoms with Gasteiger partial charge in [0, 0.05) is 6.42 Å². The number of nitrogens with one attached hydrogen (secondary N) is 1. The Labute approximate surface area is 188 Å². The molecule has 1 atom stereocenters. The molecule has 0 aromatic heterocycles. The molecule has 32 heavy (non-hydrogen) atoms. The average Bonchev–Trinajstić information content (AvgIpc) is 3.11. The summed E-state index contributed by atoms with van der Waals surface area (Å²) in [7, 11) is 0. The highest BCUT2D eigenvalue weighted by atomic mass is 16.7. The highest BCUT2D eigenvalue weighted by Crippen LogP contribution is 2.45. The van der Waals surface area contributed by atoms with Crippen LogP contribution in [-0.2, 0) is 26.6 Å². The van der Waals surface area contributed by atoms with Gasteiger partial charge in [0.15, 0.2) is 0 Å². The fourth-order valence-electron chi connectivity index (χ4n) is 4.38. The first kappa shape index (κ1) is 23.8. The van der Waals surface area contributed by atoms with Crippen LogP contribution in [0.5, 0.6) is 5.75 Å². The molecule has 1 unspecified atom stereocenters. The number of rotatable bonds is 12. The van der Waals surface area contributed by atoms with E-state index < -0.39 is 23.1 Å². The molecule has 2 aromatic carbocycles. The second-order valence-electron chi connectivity index (χ2n) is 8.55. The van der Waals surface area contributed by atoms with E-state index in [1.807, 2.05) is 54.6 Å². The van der Waals surface area contributed by atoms with Gasteiger partial charge >= 0.3 is 11.9 Å². The first-order valence-corrected chi connectivity index (χ1v) is 11.0. The van der Waals surface area contributed by atoms with Gasteiger partial charge in [-0.25, -0.2) is 0 Å². The van der Waals surface area contributed by atoms with Crippen molar-refractivity contribution in [2.75, 3.05) is 0 Å². The Bertz CT molecular complexity index is 900. The summed E-state index contributed by atoms with van der Waals surface area (Å²) >= 11 is 0. The van der Waals surface area contributed by atoms with Crippen molar-refractivity contribution in [3.05, 3.63) is 65.7 Å². The molecule has 172 valence electrons. The van der Waals surface area contributed by atoms with Crippen LogP contribution in [0.15, 0.2) is 54.6 Å². The van der Waals surface area contributed by atoms with Crippen molar-refractivity contribution in [1.82, 2.24) is 5.48 Å². The van der Waals surface area contributed by atoms with Crippen LogP contribution in [0.3, 0.4) is 0 Å². The third kappa shape index (κ3) is 6.08. The highest BCUT2D eigenvalue weighted by molar-refractivity contribution is 5.73. The van der Waals surface area contributed by atoms with Gasteiger partial charge in [-0.3, -0.25) is 14.4 Å². The number of carboxylic acids is 2. The van der Waals surface area contributed by atoms with Crippen LogP contribution in [0.2, 0.25) is 0 Å². The van der Waals surface area contributed by atoms with E-state index in [0.29, 0.717) is 18.8 Å². The van der Waals surface area contributed by atoms with Crippen LogP contribution in [-0.4, -0.2) is 27.8 Å². The van der Waals surface area contributed by atoms with Gasteiger partial charge in [0.05, 0.1) is 18.4 Å². The minimum absolute atomic E-state index is 0.254. The smallest absolute Gasteiger partial charge is 0.306 e. The van der Waals surface area contributed by atoms with Crippen LogP contribution in [0.25, 0.3) is 0 Å². The second-order valence-corrected chi connectivity index (χ2v) is 8.55. The Morgan fingerprint density at radius 2 is 1.75 bits per heavy atom. The number of carbonyl (C=O) groups is 2. The van der Waals surface area contributed by atoms with Crippen LogP contribution in [0.4, 0.5) is 0 Å². The van der Waals surface area contributed by atoms with Crippen molar-refractivity contribution in [3.8, 4) is 5.75 Å². The lowest BCUT2D eigenvalue weighted by Crippen LogP contribution is -2.37. The molecule has 3 N–H and O–H groups in total. The predicted octanol–water partition coefficient (Wildman–Crippen LogP) is 4.65. The first-order chi connectivity index (χ1) is 15.4. The molecular weight excluding hydrogens is 410 g/mol. The van der Waals surface area contributed by atoms with Crippen molar-refractivity contribution >= 4 is 11.9 Å². The fraction of sp³-hybridized carbons (Fsp3) is 0.440. The van der Waals surface area contributed by atoms with E-state index >= 15 is 0 Å². The molecule has 3 rings (SSSR count). The number of aliphatic carboxylic acids is 2. The van der Waals surface area contributed by atoms with Gasteiger partial charge in [-0.15, -0.1) is 0 Å². The minimum Gasteiger partial charge on any atom is -0.489 e. The molecule has 1 aliphatic heterocycles. The van der Waals surface area contributed by atoms with Gasteiger partial charge in [-0.2, -0.15) is 5.48 Å². The molecule has 1 saturated heterocycles. The van der Waals surface area contributed by atoms with Gasteiger partial charge in [0.25, 0.3) is 0 Å². The van der Waals surface area contributed by atoms with E-state index in [1.165, 1.54) is 0 Å².